The fourth-order valence-corrected chi connectivity index (χ4v) is 1.93. The van der Waals surface area contributed by atoms with Crippen LogP contribution in [0.4, 0.5) is 5.69 Å². The van der Waals surface area contributed by atoms with Crippen molar-refractivity contribution in [1.82, 2.24) is 9.59 Å². The number of carbonyl (C=O) groups excluding carboxylic acids is 1. The van der Waals surface area contributed by atoms with Crippen LogP contribution in [0.3, 0.4) is 0 Å². The second kappa shape index (κ2) is 5.05. The van der Waals surface area contributed by atoms with Gasteiger partial charge < -0.3 is 5.32 Å². The summed E-state index contributed by atoms with van der Waals surface area (Å²) >= 11 is 1.10. The van der Waals surface area contributed by atoms with E-state index in [0.29, 0.717) is 10.6 Å². The zero-order valence-electron chi connectivity index (χ0n) is 9.43. The number of hydrogen-bond acceptors (Lipinski definition) is 4. The first kappa shape index (κ1) is 11.7. The summed E-state index contributed by atoms with van der Waals surface area (Å²) in [6, 6.07) is 7.62. The van der Waals surface area contributed by atoms with Gasteiger partial charge in [-0.1, -0.05) is 16.6 Å². The summed E-state index contributed by atoms with van der Waals surface area (Å²) in [5, 5.41) is 6.61. The van der Waals surface area contributed by atoms with Crippen LogP contribution in [0.15, 0.2) is 24.3 Å². The van der Waals surface area contributed by atoms with Gasteiger partial charge in [0.2, 0.25) is 0 Å². The minimum Gasteiger partial charge on any atom is -0.321 e. The van der Waals surface area contributed by atoms with Crippen molar-refractivity contribution in [2.75, 3.05) is 5.32 Å². The van der Waals surface area contributed by atoms with Crippen LogP contribution in [0.25, 0.3) is 0 Å². The van der Waals surface area contributed by atoms with E-state index < -0.39 is 0 Å². The monoisotopic (exact) mass is 246 g/mol. The van der Waals surface area contributed by atoms with Crippen molar-refractivity contribution in [3.8, 4) is 0 Å². The number of carbonyl (C=O) groups is 1. The highest BCUT2D eigenvalue weighted by molar-refractivity contribution is 7.08. The molecule has 2 rings (SSSR count). The number of benzene rings is 1. The van der Waals surface area contributed by atoms with Crippen molar-refractivity contribution in [1.29, 1.82) is 0 Å². The van der Waals surface area contributed by atoms with Crippen molar-refractivity contribution in [2.45, 2.75) is 13.3 Å². The van der Waals surface area contributed by atoms with Gasteiger partial charge in [-0.25, -0.2) is 0 Å². The van der Waals surface area contributed by atoms with Gasteiger partial charge in [0.25, 0.3) is 5.91 Å². The van der Waals surface area contributed by atoms with E-state index >= 15 is 0 Å². The fraction of sp³-hybridized carbons (Fsp3) is 0.167. The van der Waals surface area contributed by atoms with Crippen LogP contribution in [-0.2, 0) is 6.42 Å². The summed E-state index contributed by atoms with van der Waals surface area (Å²) < 4.78 is 3.73. The third kappa shape index (κ3) is 2.68. The fourth-order valence-electron chi connectivity index (χ4n) is 1.38. The van der Waals surface area contributed by atoms with Gasteiger partial charge >= 0.3 is 0 Å². The van der Waals surface area contributed by atoms with E-state index in [9.17, 15) is 4.79 Å². The first-order valence-corrected chi connectivity index (χ1v) is 5.96. The zero-order valence-corrected chi connectivity index (χ0v) is 10.3. The Morgan fingerprint density at radius 1 is 1.41 bits per heavy atom. The zero-order chi connectivity index (χ0) is 12.3. The molecule has 2 aromatic rings. The Morgan fingerprint density at radius 2 is 2.12 bits per heavy atom. The van der Waals surface area contributed by atoms with Gasteiger partial charge in [0, 0.05) is 5.69 Å². The van der Waals surface area contributed by atoms with Crippen LogP contribution in [0.1, 0.15) is 20.9 Å². The molecule has 0 spiro atoms. The average Bonchev–Trinajstić information content (AvgIpc) is 2.76. The third-order valence-electron chi connectivity index (χ3n) is 2.36. The van der Waals surface area contributed by atoms with E-state index in [1.807, 2.05) is 24.3 Å². The summed E-state index contributed by atoms with van der Waals surface area (Å²) in [5.74, 6) is -0.167. The maximum absolute atomic E-state index is 11.9. The summed E-state index contributed by atoms with van der Waals surface area (Å²) in [6.45, 7) is 5.56. The molecule has 1 amide bonds. The largest absolute Gasteiger partial charge is 0.321 e. The van der Waals surface area contributed by atoms with Crippen molar-refractivity contribution in [3.63, 3.8) is 0 Å². The number of anilines is 1. The predicted molar refractivity (Wildman–Crippen MR) is 68.1 cm³/mol. The van der Waals surface area contributed by atoms with Crippen molar-refractivity contribution in [3.05, 3.63) is 47.3 Å². The smallest absolute Gasteiger partial charge is 0.269 e. The lowest BCUT2D eigenvalue weighted by molar-refractivity contribution is 0.103. The third-order valence-corrected chi connectivity index (χ3v) is 3.18. The highest BCUT2D eigenvalue weighted by Gasteiger charge is 2.12. The van der Waals surface area contributed by atoms with Crippen LogP contribution in [0.2, 0.25) is 0 Å². The minimum atomic E-state index is -0.167. The van der Waals surface area contributed by atoms with Gasteiger partial charge in [0.1, 0.15) is 4.88 Å². The Morgan fingerprint density at radius 3 is 2.65 bits per heavy atom. The molecule has 0 aliphatic heterocycles. The molecule has 0 aliphatic rings. The number of amides is 1. The topological polar surface area (TPSA) is 54.9 Å². The van der Waals surface area contributed by atoms with E-state index in [1.165, 1.54) is 0 Å². The first-order chi connectivity index (χ1) is 8.20. The van der Waals surface area contributed by atoms with Gasteiger partial charge in [0.05, 0.1) is 5.69 Å². The standard InChI is InChI=1S/C12H12N3OS/c1-3-9-4-6-10(7-5-9)13-12(16)11-8(2)14-15-17-11/h4-7H,1,3H2,2H3,(H,13,16). The van der Waals surface area contributed by atoms with Crippen LogP contribution >= 0.6 is 11.5 Å². The summed E-state index contributed by atoms with van der Waals surface area (Å²) in [5.41, 5.74) is 2.56. The lowest BCUT2D eigenvalue weighted by Crippen LogP contribution is -2.11. The van der Waals surface area contributed by atoms with E-state index in [2.05, 4.69) is 21.8 Å². The quantitative estimate of drug-likeness (QED) is 0.905. The maximum Gasteiger partial charge on any atom is 0.269 e. The molecule has 0 saturated heterocycles. The average molecular weight is 246 g/mol. The molecule has 1 aromatic heterocycles. The van der Waals surface area contributed by atoms with E-state index in [4.69, 9.17) is 0 Å². The molecule has 4 nitrogen and oxygen atoms in total. The summed E-state index contributed by atoms with van der Waals surface area (Å²) in [7, 11) is 0. The summed E-state index contributed by atoms with van der Waals surface area (Å²) in [6.07, 6.45) is 0.742. The molecule has 0 unspecified atom stereocenters. The van der Waals surface area contributed by atoms with Crippen LogP contribution < -0.4 is 5.32 Å². The molecule has 0 aliphatic carbocycles. The Kier molecular flexibility index (Phi) is 3.49. The number of aromatic nitrogens is 2. The Hall–Kier alpha value is -1.75. The van der Waals surface area contributed by atoms with Crippen LogP contribution in [0.5, 0.6) is 0 Å². The van der Waals surface area contributed by atoms with Gasteiger partial charge in [-0.2, -0.15) is 0 Å². The SMILES string of the molecule is [CH2]Cc1ccc(NC(=O)c2snnc2C)cc1. The lowest BCUT2D eigenvalue weighted by atomic mass is 10.1. The van der Waals surface area contributed by atoms with Gasteiger partial charge in [-0.3, -0.25) is 4.79 Å². The molecule has 1 aromatic carbocycles. The van der Waals surface area contributed by atoms with Gasteiger partial charge in [-0.05, 0) is 49.5 Å². The number of rotatable bonds is 3. The molecule has 0 fully saturated rings. The minimum absolute atomic E-state index is 0.167. The lowest BCUT2D eigenvalue weighted by Gasteiger charge is -2.04. The van der Waals surface area contributed by atoms with Crippen molar-refractivity contribution in [2.24, 2.45) is 0 Å². The van der Waals surface area contributed by atoms with E-state index in [-0.39, 0.29) is 5.91 Å². The number of hydrogen-bond donors (Lipinski definition) is 1. The molecule has 1 N–H and O–H groups in total. The highest BCUT2D eigenvalue weighted by Crippen LogP contribution is 2.14. The predicted octanol–water partition coefficient (Wildman–Crippen LogP) is 2.48. The Balaban J connectivity index is 2.10. The molecule has 0 atom stereocenters. The van der Waals surface area contributed by atoms with Crippen LogP contribution in [-0.4, -0.2) is 15.5 Å². The normalized spacial score (nSPS) is 10.2. The molecule has 5 heteroatoms. The van der Waals surface area contributed by atoms with Gasteiger partial charge in [-0.15, -0.1) is 5.10 Å². The Labute approximate surface area is 104 Å². The molecular weight excluding hydrogens is 234 g/mol. The highest BCUT2D eigenvalue weighted by atomic mass is 32.1. The molecule has 1 heterocycles. The molecule has 17 heavy (non-hydrogen) atoms. The number of nitrogens with zero attached hydrogens (tertiary/aromatic N) is 2. The first-order valence-electron chi connectivity index (χ1n) is 5.19. The van der Waals surface area contributed by atoms with Gasteiger partial charge in [0.15, 0.2) is 0 Å². The molecular formula is C12H12N3OS. The molecule has 87 valence electrons. The van der Waals surface area contributed by atoms with Crippen LogP contribution in [0, 0.1) is 13.8 Å². The van der Waals surface area contributed by atoms with Crippen molar-refractivity contribution < 1.29 is 4.79 Å². The number of nitrogens with one attached hydrogen (secondary N) is 1. The molecule has 0 bridgehead atoms. The van der Waals surface area contributed by atoms with Crippen molar-refractivity contribution >= 4 is 23.1 Å². The maximum atomic E-state index is 11.9. The summed E-state index contributed by atoms with van der Waals surface area (Å²) in [4.78, 5) is 12.4. The molecule has 0 saturated carbocycles. The second-order valence-electron chi connectivity index (χ2n) is 3.59. The molecule has 1 radical (unpaired) electrons. The van der Waals surface area contributed by atoms with E-state index in [1.54, 1.807) is 6.92 Å². The Bertz CT molecular complexity index is 519. The van der Waals surface area contributed by atoms with E-state index in [0.717, 1.165) is 29.2 Å². The number of aryl methyl sites for hydroxylation is 1. The second-order valence-corrected chi connectivity index (χ2v) is 4.34.